The molecule has 0 heterocycles. The van der Waals surface area contributed by atoms with E-state index in [9.17, 15) is 19.5 Å². The Morgan fingerprint density at radius 1 is 0.704 bits per heavy atom. The van der Waals surface area contributed by atoms with Crippen LogP contribution in [0, 0.1) is 17.8 Å². The maximum absolute atomic E-state index is 12.1. The van der Waals surface area contributed by atoms with Crippen LogP contribution < -0.4 is 11.5 Å². The first-order valence-corrected chi connectivity index (χ1v) is 10.6. The van der Waals surface area contributed by atoms with Crippen LogP contribution >= 0.6 is 0 Å². The Hall–Kier alpha value is -1.59. The number of carboxylic acid groups (broad SMARTS) is 1. The third-order valence-corrected chi connectivity index (χ3v) is 5.41. The van der Waals surface area contributed by atoms with Crippen molar-refractivity contribution >= 4 is 17.8 Å². The van der Waals surface area contributed by atoms with E-state index in [0.29, 0.717) is 12.8 Å². The summed E-state index contributed by atoms with van der Waals surface area (Å²) in [6.45, 7) is 4.26. The van der Waals surface area contributed by atoms with Gasteiger partial charge in [-0.25, -0.2) is 0 Å². The van der Waals surface area contributed by atoms with Crippen molar-refractivity contribution in [3.8, 4) is 0 Å². The summed E-state index contributed by atoms with van der Waals surface area (Å²) in [4.78, 5) is 35.5. The fourth-order valence-electron chi connectivity index (χ4n) is 3.84. The number of nitrogens with two attached hydrogens (primary N) is 2. The number of aliphatic carboxylic acids is 1. The van der Waals surface area contributed by atoms with Gasteiger partial charge >= 0.3 is 5.97 Å². The Bertz CT molecular complexity index is 408. The van der Waals surface area contributed by atoms with E-state index < -0.39 is 35.5 Å². The van der Waals surface area contributed by atoms with Crippen LogP contribution in [0.1, 0.15) is 97.3 Å². The Kier molecular flexibility index (Phi) is 14.6. The van der Waals surface area contributed by atoms with Crippen LogP contribution in [0.2, 0.25) is 0 Å². The molecule has 2 unspecified atom stereocenters. The van der Waals surface area contributed by atoms with Gasteiger partial charge in [-0.3, -0.25) is 14.4 Å². The number of carbonyl (C=O) groups excluding carboxylic acids is 2. The van der Waals surface area contributed by atoms with E-state index in [-0.39, 0.29) is 6.42 Å². The second-order valence-electron chi connectivity index (χ2n) is 7.69. The second-order valence-corrected chi connectivity index (χ2v) is 7.69. The Labute approximate surface area is 164 Å². The van der Waals surface area contributed by atoms with Crippen LogP contribution in [-0.4, -0.2) is 22.9 Å². The third kappa shape index (κ3) is 11.7. The molecule has 2 amide bonds. The Morgan fingerprint density at radius 2 is 1.07 bits per heavy atom. The molecule has 0 radical (unpaired) electrons. The predicted molar refractivity (Wildman–Crippen MR) is 108 cm³/mol. The standard InChI is InChI=1S/C21H40N2O4/c1-3-5-7-9-11-13-16(20(22)26)18(15-19(24)25)17(21(23)27)14-12-10-8-6-4-2/h16-18H,3-15H2,1-2H3,(H2,22,26)(H2,23,27)(H,24,25). The molecule has 0 aromatic carbocycles. The molecular formula is C21H40N2O4. The number of rotatable bonds is 18. The van der Waals surface area contributed by atoms with E-state index >= 15 is 0 Å². The van der Waals surface area contributed by atoms with Crippen molar-refractivity contribution < 1.29 is 19.5 Å². The predicted octanol–water partition coefficient (Wildman–Crippen LogP) is 4.00. The summed E-state index contributed by atoms with van der Waals surface area (Å²) in [7, 11) is 0. The highest BCUT2D eigenvalue weighted by Gasteiger charge is 2.36. The van der Waals surface area contributed by atoms with Gasteiger partial charge in [0.25, 0.3) is 0 Å². The van der Waals surface area contributed by atoms with Crippen LogP contribution in [0.4, 0.5) is 0 Å². The highest BCUT2D eigenvalue weighted by molar-refractivity contribution is 5.82. The summed E-state index contributed by atoms with van der Waals surface area (Å²) in [5.74, 6) is -3.90. The molecule has 0 saturated carbocycles. The van der Waals surface area contributed by atoms with Crippen molar-refractivity contribution in [2.75, 3.05) is 0 Å². The molecule has 0 fully saturated rings. The topological polar surface area (TPSA) is 123 Å². The molecule has 0 aliphatic rings. The van der Waals surface area contributed by atoms with Gasteiger partial charge < -0.3 is 16.6 Å². The minimum Gasteiger partial charge on any atom is -0.481 e. The highest BCUT2D eigenvalue weighted by Crippen LogP contribution is 2.32. The van der Waals surface area contributed by atoms with Gasteiger partial charge in [-0.05, 0) is 18.8 Å². The van der Waals surface area contributed by atoms with Crippen molar-refractivity contribution in [3.05, 3.63) is 0 Å². The van der Waals surface area contributed by atoms with Crippen LogP contribution in [0.5, 0.6) is 0 Å². The van der Waals surface area contributed by atoms with Crippen LogP contribution in [0.25, 0.3) is 0 Å². The molecule has 0 rings (SSSR count). The maximum atomic E-state index is 12.1. The zero-order valence-electron chi connectivity index (χ0n) is 17.3. The van der Waals surface area contributed by atoms with Gasteiger partial charge in [0, 0.05) is 18.3 Å². The van der Waals surface area contributed by atoms with Gasteiger partial charge in [0.2, 0.25) is 11.8 Å². The number of carbonyl (C=O) groups is 3. The van der Waals surface area contributed by atoms with Gasteiger partial charge in [0.15, 0.2) is 0 Å². The number of primary amides is 2. The molecule has 5 N–H and O–H groups in total. The number of unbranched alkanes of at least 4 members (excludes halogenated alkanes) is 8. The van der Waals surface area contributed by atoms with Crippen molar-refractivity contribution in [1.82, 2.24) is 0 Å². The zero-order chi connectivity index (χ0) is 20.7. The molecule has 0 aliphatic carbocycles. The maximum Gasteiger partial charge on any atom is 0.303 e. The molecule has 0 aromatic rings. The van der Waals surface area contributed by atoms with E-state index in [1.54, 1.807) is 0 Å². The molecule has 27 heavy (non-hydrogen) atoms. The summed E-state index contributed by atoms with van der Waals surface area (Å²) in [6, 6.07) is 0. The normalized spacial score (nSPS) is 14.4. The average molecular weight is 385 g/mol. The van der Waals surface area contributed by atoms with Gasteiger partial charge in [-0.1, -0.05) is 78.1 Å². The highest BCUT2D eigenvalue weighted by atomic mass is 16.4. The Balaban J connectivity index is 5.05. The van der Waals surface area contributed by atoms with Crippen molar-refractivity contribution in [1.29, 1.82) is 0 Å². The van der Waals surface area contributed by atoms with E-state index in [4.69, 9.17) is 11.5 Å². The monoisotopic (exact) mass is 384 g/mol. The van der Waals surface area contributed by atoms with Gasteiger partial charge in [-0.2, -0.15) is 0 Å². The first kappa shape index (κ1) is 25.4. The van der Waals surface area contributed by atoms with Crippen LogP contribution in [0.3, 0.4) is 0 Å². The van der Waals surface area contributed by atoms with E-state index in [1.165, 1.54) is 0 Å². The largest absolute Gasteiger partial charge is 0.481 e. The molecule has 0 saturated heterocycles. The summed E-state index contributed by atoms with van der Waals surface area (Å²) < 4.78 is 0. The van der Waals surface area contributed by atoms with Crippen LogP contribution in [-0.2, 0) is 14.4 Å². The van der Waals surface area contributed by atoms with Crippen molar-refractivity contribution in [2.24, 2.45) is 29.2 Å². The Morgan fingerprint density at radius 3 is 1.37 bits per heavy atom. The molecular weight excluding hydrogens is 344 g/mol. The molecule has 0 aliphatic heterocycles. The molecule has 158 valence electrons. The van der Waals surface area contributed by atoms with Gasteiger partial charge in [0.1, 0.15) is 0 Å². The van der Waals surface area contributed by atoms with Gasteiger partial charge in [0.05, 0.1) is 0 Å². The SMILES string of the molecule is CCCCCCCC(C(N)=O)C(CC(=O)O)C(CCCCCCC)C(N)=O. The second kappa shape index (κ2) is 15.5. The fourth-order valence-corrected chi connectivity index (χ4v) is 3.84. The minimum atomic E-state index is -1.02. The smallest absolute Gasteiger partial charge is 0.303 e. The molecule has 6 nitrogen and oxygen atoms in total. The van der Waals surface area contributed by atoms with E-state index in [1.807, 2.05) is 0 Å². The third-order valence-electron chi connectivity index (χ3n) is 5.41. The van der Waals surface area contributed by atoms with E-state index in [2.05, 4.69) is 13.8 Å². The number of carboxylic acids is 1. The molecule has 0 aromatic heterocycles. The number of hydrogen-bond donors (Lipinski definition) is 3. The molecule has 0 spiro atoms. The summed E-state index contributed by atoms with van der Waals surface area (Å²) in [6.07, 6.45) is 11.1. The lowest BCUT2D eigenvalue weighted by Gasteiger charge is -2.29. The lowest BCUT2D eigenvalue weighted by Crippen LogP contribution is -2.40. The lowest BCUT2D eigenvalue weighted by atomic mass is 9.74. The summed E-state index contributed by atoms with van der Waals surface area (Å²) in [5.41, 5.74) is 11.2. The first-order chi connectivity index (χ1) is 12.8. The molecule has 6 heteroatoms. The first-order valence-electron chi connectivity index (χ1n) is 10.6. The summed E-state index contributed by atoms with van der Waals surface area (Å²) in [5, 5.41) is 9.32. The van der Waals surface area contributed by atoms with Crippen molar-refractivity contribution in [3.63, 3.8) is 0 Å². The lowest BCUT2D eigenvalue weighted by molar-refractivity contribution is -0.140. The number of hydrogen-bond acceptors (Lipinski definition) is 3. The van der Waals surface area contributed by atoms with Crippen LogP contribution in [0.15, 0.2) is 0 Å². The molecule has 0 bridgehead atoms. The quantitative estimate of drug-likeness (QED) is 0.309. The van der Waals surface area contributed by atoms with Gasteiger partial charge in [-0.15, -0.1) is 0 Å². The number of amides is 2. The minimum absolute atomic E-state index is 0.245. The molecule has 2 atom stereocenters. The fraction of sp³-hybridized carbons (Fsp3) is 0.857. The average Bonchev–Trinajstić information content (AvgIpc) is 2.59. The van der Waals surface area contributed by atoms with E-state index in [0.717, 1.165) is 64.2 Å². The zero-order valence-corrected chi connectivity index (χ0v) is 17.3. The summed E-state index contributed by atoms with van der Waals surface area (Å²) >= 11 is 0. The van der Waals surface area contributed by atoms with Crippen molar-refractivity contribution in [2.45, 2.75) is 97.3 Å².